The zero-order chi connectivity index (χ0) is 17.6. The van der Waals surface area contributed by atoms with Crippen LogP contribution >= 0.6 is 23.1 Å². The summed E-state index contributed by atoms with van der Waals surface area (Å²) in [6.45, 7) is 1.98. The second-order valence-corrected chi connectivity index (χ2v) is 7.48. The van der Waals surface area contributed by atoms with E-state index in [9.17, 15) is 9.18 Å². The van der Waals surface area contributed by atoms with E-state index in [4.69, 9.17) is 0 Å². The van der Waals surface area contributed by atoms with Crippen LogP contribution in [0.25, 0.3) is 10.6 Å². The average Bonchev–Trinajstić information content (AvgIpc) is 2.99. The Hall–Kier alpha value is -2.18. The molecule has 3 rings (SSSR count). The Bertz CT molecular complexity index is 865. The first-order valence-corrected chi connectivity index (χ1v) is 9.74. The molecule has 0 unspecified atom stereocenters. The van der Waals surface area contributed by atoms with Gasteiger partial charge in [-0.25, -0.2) is 9.37 Å². The number of carbonyl (C=O) groups excluding carboxylic acids is 1. The van der Waals surface area contributed by atoms with E-state index in [1.54, 1.807) is 29.5 Å². The number of carbonyl (C=O) groups is 1. The van der Waals surface area contributed by atoms with Gasteiger partial charge in [0.25, 0.3) is 0 Å². The number of aromatic nitrogens is 1. The highest BCUT2D eigenvalue weighted by Gasteiger charge is 2.11. The van der Waals surface area contributed by atoms with E-state index in [0.717, 1.165) is 21.1 Å². The van der Waals surface area contributed by atoms with E-state index < -0.39 is 5.82 Å². The number of nitrogens with one attached hydrogen (secondary N) is 1. The van der Waals surface area contributed by atoms with Crippen molar-refractivity contribution in [2.45, 2.75) is 12.7 Å². The molecule has 1 amide bonds. The van der Waals surface area contributed by atoms with Gasteiger partial charge in [0.15, 0.2) is 0 Å². The Morgan fingerprint density at radius 3 is 2.64 bits per heavy atom. The number of aryl methyl sites for hydroxylation is 1. The van der Waals surface area contributed by atoms with Crippen LogP contribution in [0.4, 0.5) is 10.1 Å². The predicted octanol–water partition coefficient (Wildman–Crippen LogP) is 5.13. The maximum absolute atomic E-state index is 13.5. The van der Waals surface area contributed by atoms with Crippen LogP contribution in [0.5, 0.6) is 0 Å². The number of rotatable bonds is 6. The van der Waals surface area contributed by atoms with Gasteiger partial charge in [-0.1, -0.05) is 42.5 Å². The first-order chi connectivity index (χ1) is 12.1. The molecule has 3 nitrogen and oxygen atoms in total. The molecule has 1 heterocycles. The Balaban J connectivity index is 1.55. The van der Waals surface area contributed by atoms with Gasteiger partial charge in [-0.3, -0.25) is 4.79 Å². The van der Waals surface area contributed by atoms with Gasteiger partial charge in [-0.15, -0.1) is 23.1 Å². The number of nitrogens with zero attached hydrogens (tertiary/aromatic N) is 1. The van der Waals surface area contributed by atoms with Crippen molar-refractivity contribution in [1.29, 1.82) is 0 Å². The second-order valence-electron chi connectivity index (χ2n) is 5.41. The molecule has 0 saturated heterocycles. The Labute approximate surface area is 154 Å². The summed E-state index contributed by atoms with van der Waals surface area (Å²) in [5.41, 5.74) is 2.31. The highest BCUT2D eigenvalue weighted by molar-refractivity contribution is 7.99. The first-order valence-electron chi connectivity index (χ1n) is 7.77. The van der Waals surface area contributed by atoms with Crippen LogP contribution in [0, 0.1) is 12.7 Å². The molecule has 128 valence electrons. The number of hydrogen-bond donors (Lipinski definition) is 1. The molecule has 0 atom stereocenters. The fourth-order valence-electron chi connectivity index (χ4n) is 2.25. The minimum Gasteiger partial charge on any atom is -0.323 e. The zero-order valence-corrected chi connectivity index (χ0v) is 15.3. The molecular formula is C19H17FN2OS2. The SMILES string of the molecule is Cc1nc(-c2ccccc2)sc1CSCC(=O)Nc1ccccc1F. The molecule has 0 spiro atoms. The molecule has 1 aromatic heterocycles. The molecule has 2 aromatic carbocycles. The number of anilines is 1. The molecule has 0 radical (unpaired) electrons. The third-order valence-electron chi connectivity index (χ3n) is 3.53. The molecule has 0 bridgehead atoms. The number of thioether (sulfide) groups is 1. The fraction of sp³-hybridized carbons (Fsp3) is 0.158. The van der Waals surface area contributed by atoms with Gasteiger partial charge in [-0.05, 0) is 19.1 Å². The minimum atomic E-state index is -0.424. The Kier molecular flexibility index (Phi) is 5.83. The molecule has 0 saturated carbocycles. The van der Waals surface area contributed by atoms with Gasteiger partial charge in [0.1, 0.15) is 10.8 Å². The fourth-order valence-corrected chi connectivity index (χ4v) is 4.35. The molecule has 25 heavy (non-hydrogen) atoms. The van der Waals surface area contributed by atoms with Crippen molar-refractivity contribution in [2.75, 3.05) is 11.1 Å². The average molecular weight is 372 g/mol. The maximum Gasteiger partial charge on any atom is 0.234 e. The van der Waals surface area contributed by atoms with Crippen LogP contribution in [-0.4, -0.2) is 16.6 Å². The highest BCUT2D eigenvalue weighted by Crippen LogP contribution is 2.30. The summed E-state index contributed by atoms with van der Waals surface area (Å²) in [5.74, 6) is 0.347. The second kappa shape index (κ2) is 8.27. The third kappa shape index (κ3) is 4.67. The summed E-state index contributed by atoms with van der Waals surface area (Å²) >= 11 is 3.15. The van der Waals surface area contributed by atoms with Gasteiger partial charge < -0.3 is 5.32 Å². The number of benzene rings is 2. The summed E-state index contributed by atoms with van der Waals surface area (Å²) in [5, 5.41) is 3.59. The van der Waals surface area contributed by atoms with Crippen LogP contribution < -0.4 is 5.32 Å². The van der Waals surface area contributed by atoms with Gasteiger partial charge in [0, 0.05) is 16.2 Å². The first kappa shape index (κ1) is 17.6. The van der Waals surface area contributed by atoms with E-state index in [1.807, 2.05) is 37.3 Å². The molecule has 3 aromatic rings. The lowest BCUT2D eigenvalue weighted by Crippen LogP contribution is -2.15. The lowest BCUT2D eigenvalue weighted by Gasteiger charge is -2.05. The zero-order valence-electron chi connectivity index (χ0n) is 13.7. The van der Waals surface area contributed by atoms with Gasteiger partial charge in [0.05, 0.1) is 17.1 Å². The van der Waals surface area contributed by atoms with Crippen molar-refractivity contribution in [3.63, 3.8) is 0 Å². The molecular weight excluding hydrogens is 355 g/mol. The van der Waals surface area contributed by atoms with E-state index >= 15 is 0 Å². The Morgan fingerprint density at radius 2 is 1.88 bits per heavy atom. The summed E-state index contributed by atoms with van der Waals surface area (Å²) in [6.07, 6.45) is 0. The third-order valence-corrected chi connectivity index (χ3v) is 5.88. The van der Waals surface area contributed by atoms with Crippen LogP contribution in [0.3, 0.4) is 0 Å². The molecule has 0 aliphatic rings. The largest absolute Gasteiger partial charge is 0.323 e. The standard InChI is InChI=1S/C19H17FN2OS2/c1-13-17(25-19(21-13)14-7-3-2-4-8-14)11-24-12-18(23)22-16-10-6-5-9-15(16)20/h2-10H,11-12H2,1H3,(H,22,23). The van der Waals surface area contributed by atoms with E-state index in [-0.39, 0.29) is 17.3 Å². The Morgan fingerprint density at radius 1 is 1.16 bits per heavy atom. The van der Waals surface area contributed by atoms with E-state index in [2.05, 4.69) is 10.3 Å². The molecule has 0 fully saturated rings. The number of hydrogen-bond acceptors (Lipinski definition) is 4. The molecule has 0 aliphatic carbocycles. The monoisotopic (exact) mass is 372 g/mol. The smallest absolute Gasteiger partial charge is 0.234 e. The van der Waals surface area contributed by atoms with Crippen LogP contribution in [0.2, 0.25) is 0 Å². The molecule has 1 N–H and O–H groups in total. The van der Waals surface area contributed by atoms with Gasteiger partial charge >= 0.3 is 0 Å². The molecule has 0 aliphatic heterocycles. The van der Waals surface area contributed by atoms with Crippen molar-refractivity contribution in [2.24, 2.45) is 0 Å². The topological polar surface area (TPSA) is 42.0 Å². The quantitative estimate of drug-likeness (QED) is 0.652. The lowest BCUT2D eigenvalue weighted by atomic mass is 10.2. The van der Waals surface area contributed by atoms with Crippen molar-refractivity contribution < 1.29 is 9.18 Å². The number of amides is 1. The number of para-hydroxylation sites is 1. The summed E-state index contributed by atoms with van der Waals surface area (Å²) in [4.78, 5) is 17.7. The van der Waals surface area contributed by atoms with Crippen molar-refractivity contribution in [3.8, 4) is 10.6 Å². The van der Waals surface area contributed by atoms with Crippen molar-refractivity contribution in [1.82, 2.24) is 4.98 Å². The summed E-state index contributed by atoms with van der Waals surface area (Å²) < 4.78 is 13.5. The highest BCUT2D eigenvalue weighted by atomic mass is 32.2. The number of halogens is 1. The number of thiazole rings is 1. The lowest BCUT2D eigenvalue weighted by molar-refractivity contribution is -0.113. The van der Waals surface area contributed by atoms with Crippen molar-refractivity contribution >= 4 is 34.7 Å². The van der Waals surface area contributed by atoms with Gasteiger partial charge in [-0.2, -0.15) is 0 Å². The maximum atomic E-state index is 13.5. The van der Waals surface area contributed by atoms with E-state index in [0.29, 0.717) is 5.75 Å². The van der Waals surface area contributed by atoms with Crippen LogP contribution in [0.15, 0.2) is 54.6 Å². The summed E-state index contributed by atoms with van der Waals surface area (Å²) in [6, 6.07) is 16.2. The minimum absolute atomic E-state index is 0.208. The molecule has 6 heteroatoms. The van der Waals surface area contributed by atoms with Crippen LogP contribution in [0.1, 0.15) is 10.6 Å². The predicted molar refractivity (Wildman–Crippen MR) is 103 cm³/mol. The van der Waals surface area contributed by atoms with E-state index in [1.165, 1.54) is 17.8 Å². The van der Waals surface area contributed by atoms with Gasteiger partial charge in [0.2, 0.25) is 5.91 Å². The summed E-state index contributed by atoms with van der Waals surface area (Å²) in [7, 11) is 0. The normalized spacial score (nSPS) is 10.6. The van der Waals surface area contributed by atoms with Crippen molar-refractivity contribution in [3.05, 3.63) is 71.0 Å². The van der Waals surface area contributed by atoms with Crippen LogP contribution in [-0.2, 0) is 10.5 Å².